The highest BCUT2D eigenvalue weighted by Crippen LogP contribution is 2.30. The van der Waals surface area contributed by atoms with E-state index in [0.717, 1.165) is 42.1 Å². The number of hydrogen-bond donors (Lipinski definition) is 1. The molecule has 0 spiro atoms. The van der Waals surface area contributed by atoms with Crippen molar-refractivity contribution in [3.05, 3.63) is 125 Å². The molecule has 0 saturated carbocycles. The van der Waals surface area contributed by atoms with Crippen LogP contribution in [0.1, 0.15) is 41.5 Å². The van der Waals surface area contributed by atoms with Crippen LogP contribution in [0, 0.1) is 0 Å². The summed E-state index contributed by atoms with van der Waals surface area (Å²) in [5, 5.41) is 9.15. The van der Waals surface area contributed by atoms with Crippen LogP contribution in [-0.4, -0.2) is 49.4 Å². The molecule has 0 bridgehead atoms. The molecule has 0 saturated heterocycles. The van der Waals surface area contributed by atoms with Crippen molar-refractivity contribution in [2.24, 2.45) is 0 Å². The highest BCUT2D eigenvalue weighted by atomic mass is 35.5. The van der Waals surface area contributed by atoms with Crippen LogP contribution in [0.4, 0.5) is 0 Å². The van der Waals surface area contributed by atoms with E-state index in [2.05, 4.69) is 78.6 Å². The van der Waals surface area contributed by atoms with Crippen molar-refractivity contribution in [2.75, 3.05) is 27.3 Å². The van der Waals surface area contributed by atoms with Gasteiger partial charge in [-0.1, -0.05) is 78.9 Å². The third-order valence-corrected chi connectivity index (χ3v) is 7.18. The minimum absolute atomic E-state index is 0. The summed E-state index contributed by atoms with van der Waals surface area (Å²) in [5.74, 6) is 1.57. The summed E-state index contributed by atoms with van der Waals surface area (Å²) >= 11 is 0. The normalized spacial score (nSPS) is 11.5. The van der Waals surface area contributed by atoms with E-state index in [9.17, 15) is 4.79 Å². The zero-order valence-corrected chi connectivity index (χ0v) is 25.3. The Kier molecular flexibility index (Phi) is 12.7. The van der Waals surface area contributed by atoms with Gasteiger partial charge in [0.05, 0.1) is 26.7 Å². The Balaban J connectivity index is 0.00000484. The fourth-order valence-corrected chi connectivity index (χ4v) is 5.05. The van der Waals surface area contributed by atoms with E-state index < -0.39 is 5.97 Å². The third-order valence-electron chi connectivity index (χ3n) is 7.18. The van der Waals surface area contributed by atoms with Gasteiger partial charge in [-0.3, -0.25) is 9.69 Å². The lowest BCUT2D eigenvalue weighted by atomic mass is 9.90. The van der Waals surface area contributed by atoms with Gasteiger partial charge < -0.3 is 19.3 Å². The van der Waals surface area contributed by atoms with Gasteiger partial charge in [0.15, 0.2) is 0 Å². The number of ether oxygens (including phenoxy) is 3. The minimum Gasteiger partial charge on any atom is -0.497 e. The van der Waals surface area contributed by atoms with Gasteiger partial charge in [-0.2, -0.15) is 0 Å². The largest absolute Gasteiger partial charge is 0.497 e. The highest BCUT2D eigenvalue weighted by molar-refractivity contribution is 5.85. The van der Waals surface area contributed by atoms with E-state index in [1.807, 2.05) is 36.4 Å². The second-order valence-electron chi connectivity index (χ2n) is 10.2. The quantitative estimate of drug-likeness (QED) is 0.158. The van der Waals surface area contributed by atoms with E-state index in [4.69, 9.17) is 19.3 Å². The van der Waals surface area contributed by atoms with Gasteiger partial charge in [0, 0.05) is 37.2 Å². The average molecular weight is 590 g/mol. The Labute approximate surface area is 255 Å². The number of benzene rings is 4. The maximum atomic E-state index is 11.1. The lowest BCUT2D eigenvalue weighted by Gasteiger charge is -2.30. The standard InChI is InChI=1S/C35H39NO5.ClH/c1-26(41-32-16-10-11-27(21-32)22-35(37)38)19-20-36(24-30-17-18-31(39-2)23-34(30)40-3)25-33(28-12-6-4-7-13-28)29-14-8-5-9-15-29;/h4-18,21,23,26,33H,19-20,22,24-25H2,1-3H3,(H,37,38);1H. The van der Waals surface area contributed by atoms with Crippen molar-refractivity contribution in [1.82, 2.24) is 4.90 Å². The van der Waals surface area contributed by atoms with Gasteiger partial charge in [0.1, 0.15) is 17.2 Å². The first kappa shape index (κ1) is 32.5. The summed E-state index contributed by atoms with van der Waals surface area (Å²) in [6, 6.07) is 34.6. The van der Waals surface area contributed by atoms with Gasteiger partial charge >= 0.3 is 5.97 Å². The van der Waals surface area contributed by atoms with Gasteiger partial charge in [-0.05, 0) is 48.2 Å². The molecule has 6 nitrogen and oxygen atoms in total. The Morgan fingerprint density at radius 3 is 2.07 bits per heavy atom. The molecule has 1 unspecified atom stereocenters. The molecule has 4 aromatic rings. The van der Waals surface area contributed by atoms with Gasteiger partial charge in [-0.25, -0.2) is 0 Å². The fourth-order valence-electron chi connectivity index (χ4n) is 5.05. The molecule has 4 aromatic carbocycles. The first-order chi connectivity index (χ1) is 19.9. The van der Waals surface area contributed by atoms with E-state index in [0.29, 0.717) is 12.3 Å². The summed E-state index contributed by atoms with van der Waals surface area (Å²) in [6.45, 7) is 4.36. The van der Waals surface area contributed by atoms with E-state index >= 15 is 0 Å². The zero-order chi connectivity index (χ0) is 29.0. The van der Waals surface area contributed by atoms with Gasteiger partial charge in [-0.15, -0.1) is 12.4 Å². The van der Waals surface area contributed by atoms with Crippen LogP contribution in [0.25, 0.3) is 0 Å². The van der Waals surface area contributed by atoms with Crippen molar-refractivity contribution in [1.29, 1.82) is 0 Å². The molecule has 0 aliphatic carbocycles. The average Bonchev–Trinajstić information content (AvgIpc) is 2.99. The molecule has 42 heavy (non-hydrogen) atoms. The highest BCUT2D eigenvalue weighted by Gasteiger charge is 2.21. The van der Waals surface area contributed by atoms with Gasteiger partial charge in [0.2, 0.25) is 0 Å². The molecule has 0 heterocycles. The molecule has 1 N–H and O–H groups in total. The second kappa shape index (κ2) is 16.4. The first-order valence-corrected chi connectivity index (χ1v) is 14.0. The summed E-state index contributed by atoms with van der Waals surface area (Å²) in [5.41, 5.74) is 4.35. The lowest BCUT2D eigenvalue weighted by Crippen LogP contribution is -2.32. The summed E-state index contributed by atoms with van der Waals surface area (Å²) in [4.78, 5) is 13.6. The van der Waals surface area contributed by atoms with Crippen LogP contribution in [-0.2, 0) is 17.8 Å². The van der Waals surface area contributed by atoms with Crippen LogP contribution in [0.3, 0.4) is 0 Å². The molecular formula is C35H40ClNO5. The number of rotatable bonds is 15. The molecule has 0 amide bonds. The number of hydrogen-bond acceptors (Lipinski definition) is 5. The van der Waals surface area contributed by atoms with Crippen molar-refractivity contribution in [2.45, 2.75) is 38.3 Å². The molecule has 4 rings (SSSR count). The number of halogens is 1. The first-order valence-electron chi connectivity index (χ1n) is 14.0. The summed E-state index contributed by atoms with van der Waals surface area (Å²) in [7, 11) is 3.34. The topological polar surface area (TPSA) is 68.2 Å². The van der Waals surface area contributed by atoms with Crippen LogP contribution in [0.2, 0.25) is 0 Å². The Morgan fingerprint density at radius 2 is 1.48 bits per heavy atom. The number of methoxy groups -OCH3 is 2. The molecule has 0 radical (unpaired) electrons. The van der Waals surface area contributed by atoms with E-state index in [-0.39, 0.29) is 30.8 Å². The lowest BCUT2D eigenvalue weighted by molar-refractivity contribution is -0.136. The Hall–Kier alpha value is -4.00. The number of nitrogens with zero attached hydrogens (tertiary/aromatic N) is 1. The number of carboxylic acids is 1. The smallest absolute Gasteiger partial charge is 0.307 e. The SMILES string of the molecule is COc1ccc(CN(CCC(C)Oc2cccc(CC(=O)O)c2)CC(c2ccccc2)c2ccccc2)c(OC)c1.Cl. The Bertz CT molecular complexity index is 1340. The molecular weight excluding hydrogens is 550 g/mol. The minimum atomic E-state index is -0.855. The second-order valence-corrected chi connectivity index (χ2v) is 10.2. The molecule has 7 heteroatoms. The summed E-state index contributed by atoms with van der Waals surface area (Å²) in [6.07, 6.45) is 0.698. The van der Waals surface area contributed by atoms with Crippen molar-refractivity contribution in [3.63, 3.8) is 0 Å². The van der Waals surface area contributed by atoms with Crippen LogP contribution >= 0.6 is 12.4 Å². The van der Waals surface area contributed by atoms with Gasteiger partial charge in [0.25, 0.3) is 0 Å². The monoisotopic (exact) mass is 589 g/mol. The fraction of sp³-hybridized carbons (Fsp3) is 0.286. The van der Waals surface area contributed by atoms with Crippen LogP contribution in [0.5, 0.6) is 17.2 Å². The molecule has 222 valence electrons. The number of carbonyl (C=O) groups is 1. The molecule has 0 aromatic heterocycles. The molecule has 0 aliphatic heterocycles. The predicted molar refractivity (Wildman–Crippen MR) is 169 cm³/mol. The molecule has 0 aliphatic rings. The Morgan fingerprint density at radius 1 is 0.810 bits per heavy atom. The third kappa shape index (κ3) is 9.54. The van der Waals surface area contributed by atoms with E-state index in [1.54, 1.807) is 14.2 Å². The van der Waals surface area contributed by atoms with E-state index in [1.165, 1.54) is 11.1 Å². The zero-order valence-electron chi connectivity index (χ0n) is 24.4. The maximum absolute atomic E-state index is 11.1. The predicted octanol–water partition coefficient (Wildman–Crippen LogP) is 7.24. The van der Waals surface area contributed by atoms with Crippen molar-refractivity contribution in [3.8, 4) is 17.2 Å². The maximum Gasteiger partial charge on any atom is 0.307 e. The van der Waals surface area contributed by atoms with Crippen molar-refractivity contribution >= 4 is 18.4 Å². The van der Waals surface area contributed by atoms with Crippen LogP contribution < -0.4 is 14.2 Å². The van der Waals surface area contributed by atoms with Crippen molar-refractivity contribution < 1.29 is 24.1 Å². The number of carboxylic acid groups (broad SMARTS) is 1. The van der Waals surface area contributed by atoms with Crippen LogP contribution in [0.15, 0.2) is 103 Å². The summed E-state index contributed by atoms with van der Waals surface area (Å²) < 4.78 is 17.4. The number of aliphatic carboxylic acids is 1. The molecule has 1 atom stereocenters. The molecule has 0 fully saturated rings.